The zero-order chi connectivity index (χ0) is 11.8. The Bertz CT molecular complexity index is 306. The normalized spacial score (nSPS) is 34.5. The summed E-state index contributed by atoms with van der Waals surface area (Å²) in [5, 5.41) is 6.51. The molecule has 0 bridgehead atoms. The molecule has 19 heavy (non-hydrogen) atoms. The largest absolute Gasteiger partial charge is 0.350 e. The molecule has 6 heteroatoms. The monoisotopic (exact) mass is 309 g/mol. The number of halogens is 2. The minimum absolute atomic E-state index is 0. The number of hydrogen-bond donors (Lipinski definition) is 2. The van der Waals surface area contributed by atoms with Gasteiger partial charge in [0.25, 0.3) is 0 Å². The third-order valence-electron chi connectivity index (χ3n) is 4.41. The van der Waals surface area contributed by atoms with E-state index in [4.69, 9.17) is 0 Å². The molecule has 1 amide bonds. The van der Waals surface area contributed by atoms with Crippen LogP contribution in [-0.4, -0.2) is 48.6 Å². The van der Waals surface area contributed by atoms with E-state index in [1.807, 2.05) is 0 Å². The Hall–Kier alpha value is -0.0300. The third kappa shape index (κ3) is 3.97. The lowest BCUT2D eigenvalue weighted by Gasteiger charge is -2.19. The standard InChI is InChI=1S/C13H23N3O.2ClH/c1-9-7-16(10-4-5-10)8-12(9)15-13(17)11-3-2-6-14-11;;/h9-12,14H,2-8H2,1H3,(H,15,17);2*1H. The van der Waals surface area contributed by atoms with Crippen LogP contribution in [0, 0.1) is 5.92 Å². The molecule has 0 aromatic carbocycles. The van der Waals surface area contributed by atoms with Gasteiger partial charge >= 0.3 is 0 Å². The third-order valence-corrected chi connectivity index (χ3v) is 4.41. The van der Waals surface area contributed by atoms with Crippen LogP contribution in [0.1, 0.15) is 32.6 Å². The van der Waals surface area contributed by atoms with Gasteiger partial charge in [-0.05, 0) is 38.1 Å². The first kappa shape index (κ1) is 17.0. The molecule has 3 unspecified atom stereocenters. The Morgan fingerprint density at radius 2 is 1.95 bits per heavy atom. The lowest BCUT2D eigenvalue weighted by Crippen LogP contribution is -2.47. The Kier molecular flexibility index (Phi) is 6.37. The fourth-order valence-electron chi connectivity index (χ4n) is 3.12. The van der Waals surface area contributed by atoms with Gasteiger partial charge in [0.05, 0.1) is 6.04 Å². The van der Waals surface area contributed by atoms with Gasteiger partial charge in [0.15, 0.2) is 0 Å². The fourth-order valence-corrected chi connectivity index (χ4v) is 3.12. The van der Waals surface area contributed by atoms with Crippen LogP contribution in [-0.2, 0) is 4.79 Å². The summed E-state index contributed by atoms with van der Waals surface area (Å²) >= 11 is 0. The van der Waals surface area contributed by atoms with E-state index in [1.165, 1.54) is 12.8 Å². The van der Waals surface area contributed by atoms with Gasteiger partial charge in [0.1, 0.15) is 0 Å². The van der Waals surface area contributed by atoms with Gasteiger partial charge in [0, 0.05) is 25.2 Å². The molecule has 2 N–H and O–H groups in total. The van der Waals surface area contributed by atoms with E-state index < -0.39 is 0 Å². The highest BCUT2D eigenvalue weighted by Crippen LogP contribution is 2.31. The molecule has 0 aromatic heterocycles. The predicted octanol–water partition coefficient (Wildman–Crippen LogP) is 1.18. The van der Waals surface area contributed by atoms with Crippen LogP contribution < -0.4 is 10.6 Å². The molecule has 2 aliphatic heterocycles. The van der Waals surface area contributed by atoms with E-state index in [0.717, 1.165) is 38.5 Å². The number of nitrogens with one attached hydrogen (secondary N) is 2. The first-order valence-electron chi connectivity index (χ1n) is 7.02. The molecule has 1 aliphatic carbocycles. The molecule has 0 spiro atoms. The molecule has 3 fully saturated rings. The second-order valence-corrected chi connectivity index (χ2v) is 5.93. The van der Waals surface area contributed by atoms with Gasteiger partial charge in [0.2, 0.25) is 5.91 Å². The molecule has 2 saturated heterocycles. The number of nitrogens with zero attached hydrogens (tertiary/aromatic N) is 1. The van der Waals surface area contributed by atoms with Crippen LogP contribution in [0.3, 0.4) is 0 Å². The van der Waals surface area contributed by atoms with Crippen LogP contribution in [0.25, 0.3) is 0 Å². The highest BCUT2D eigenvalue weighted by atomic mass is 35.5. The number of likely N-dealkylation sites (tertiary alicyclic amines) is 1. The molecule has 3 atom stereocenters. The Morgan fingerprint density at radius 1 is 1.21 bits per heavy atom. The Labute approximate surface area is 127 Å². The minimum atomic E-state index is 0. The molecule has 2 heterocycles. The van der Waals surface area contributed by atoms with E-state index in [9.17, 15) is 4.79 Å². The maximum Gasteiger partial charge on any atom is 0.237 e. The molecule has 112 valence electrons. The maximum absolute atomic E-state index is 12.0. The molecule has 3 rings (SSSR count). The SMILES string of the molecule is CC1CN(C2CC2)CC1NC(=O)C1CCCN1.Cl.Cl. The first-order chi connectivity index (χ1) is 8.24. The molecule has 4 nitrogen and oxygen atoms in total. The first-order valence-corrected chi connectivity index (χ1v) is 7.02. The lowest BCUT2D eigenvalue weighted by molar-refractivity contribution is -0.123. The van der Waals surface area contributed by atoms with Crippen molar-refractivity contribution in [3.63, 3.8) is 0 Å². The van der Waals surface area contributed by atoms with Crippen LogP contribution in [0.15, 0.2) is 0 Å². The smallest absolute Gasteiger partial charge is 0.237 e. The van der Waals surface area contributed by atoms with Crippen molar-refractivity contribution in [1.82, 2.24) is 15.5 Å². The molecule has 1 saturated carbocycles. The van der Waals surface area contributed by atoms with Gasteiger partial charge in [-0.25, -0.2) is 0 Å². The van der Waals surface area contributed by atoms with E-state index in [-0.39, 0.29) is 36.8 Å². The summed E-state index contributed by atoms with van der Waals surface area (Å²) in [5.74, 6) is 0.818. The summed E-state index contributed by atoms with van der Waals surface area (Å²) in [6.07, 6.45) is 4.85. The van der Waals surface area contributed by atoms with Crippen LogP contribution in [0.2, 0.25) is 0 Å². The zero-order valence-corrected chi connectivity index (χ0v) is 13.1. The van der Waals surface area contributed by atoms with Gasteiger partial charge in [-0.15, -0.1) is 24.8 Å². The Morgan fingerprint density at radius 3 is 2.53 bits per heavy atom. The van der Waals surface area contributed by atoms with Crippen molar-refractivity contribution < 1.29 is 4.79 Å². The Balaban J connectivity index is 0.000000902. The molecule has 0 radical (unpaired) electrons. The zero-order valence-electron chi connectivity index (χ0n) is 11.4. The average Bonchev–Trinajstić information content (AvgIpc) is 2.87. The molecule has 3 aliphatic rings. The van der Waals surface area contributed by atoms with E-state index in [0.29, 0.717) is 12.0 Å². The topological polar surface area (TPSA) is 44.4 Å². The summed E-state index contributed by atoms with van der Waals surface area (Å²) < 4.78 is 0. The summed E-state index contributed by atoms with van der Waals surface area (Å²) in [6, 6.07) is 1.26. The predicted molar refractivity (Wildman–Crippen MR) is 81.2 cm³/mol. The number of amides is 1. The van der Waals surface area contributed by atoms with Gasteiger partial charge < -0.3 is 10.6 Å². The highest BCUT2D eigenvalue weighted by Gasteiger charge is 2.39. The molecule has 0 aromatic rings. The summed E-state index contributed by atoms with van der Waals surface area (Å²) in [5.41, 5.74) is 0. The van der Waals surface area contributed by atoms with Crippen molar-refractivity contribution >= 4 is 30.7 Å². The number of carbonyl (C=O) groups excluding carboxylic acids is 1. The second kappa shape index (κ2) is 7.11. The number of carbonyl (C=O) groups is 1. The number of rotatable bonds is 3. The van der Waals surface area contributed by atoms with Crippen molar-refractivity contribution in [2.75, 3.05) is 19.6 Å². The van der Waals surface area contributed by atoms with Crippen molar-refractivity contribution in [1.29, 1.82) is 0 Å². The van der Waals surface area contributed by atoms with Crippen LogP contribution in [0.5, 0.6) is 0 Å². The summed E-state index contributed by atoms with van der Waals surface area (Å²) in [6.45, 7) is 5.47. The second-order valence-electron chi connectivity index (χ2n) is 5.93. The summed E-state index contributed by atoms with van der Waals surface area (Å²) in [4.78, 5) is 14.6. The maximum atomic E-state index is 12.0. The number of hydrogen-bond acceptors (Lipinski definition) is 3. The molecular weight excluding hydrogens is 285 g/mol. The minimum Gasteiger partial charge on any atom is -0.350 e. The average molecular weight is 310 g/mol. The van der Waals surface area contributed by atoms with Crippen LogP contribution >= 0.6 is 24.8 Å². The van der Waals surface area contributed by atoms with E-state index in [2.05, 4.69) is 22.5 Å². The van der Waals surface area contributed by atoms with Crippen molar-refractivity contribution in [2.45, 2.75) is 50.7 Å². The van der Waals surface area contributed by atoms with Crippen molar-refractivity contribution in [2.24, 2.45) is 5.92 Å². The van der Waals surface area contributed by atoms with E-state index >= 15 is 0 Å². The lowest BCUT2D eigenvalue weighted by atomic mass is 10.1. The van der Waals surface area contributed by atoms with E-state index in [1.54, 1.807) is 0 Å². The summed E-state index contributed by atoms with van der Waals surface area (Å²) in [7, 11) is 0. The van der Waals surface area contributed by atoms with Gasteiger partial charge in [-0.2, -0.15) is 0 Å². The molecular formula is C13H25Cl2N3O. The van der Waals surface area contributed by atoms with Crippen molar-refractivity contribution in [3.05, 3.63) is 0 Å². The van der Waals surface area contributed by atoms with Crippen molar-refractivity contribution in [3.8, 4) is 0 Å². The van der Waals surface area contributed by atoms with Crippen LogP contribution in [0.4, 0.5) is 0 Å². The highest BCUT2D eigenvalue weighted by molar-refractivity contribution is 5.85. The van der Waals surface area contributed by atoms with Gasteiger partial charge in [-0.3, -0.25) is 9.69 Å². The quantitative estimate of drug-likeness (QED) is 0.823. The fraction of sp³-hybridized carbons (Fsp3) is 0.923. The van der Waals surface area contributed by atoms with Gasteiger partial charge in [-0.1, -0.05) is 6.92 Å².